The lowest BCUT2D eigenvalue weighted by atomic mass is 10.1. The lowest BCUT2D eigenvalue weighted by Crippen LogP contribution is -2.25. The molecule has 2 rings (SSSR count). The molecule has 8 heteroatoms. The van der Waals surface area contributed by atoms with Crippen LogP contribution in [0.1, 0.15) is 13.3 Å². The fourth-order valence-electron chi connectivity index (χ4n) is 2.37. The molecular formula is C15H23N3O4S. The standard InChI is InChI=1S/C15H23N3O4S/c1-4-22-14-6-5-12(23(20,21)18(2)3)9-13(14)17-15(19)11-7-8-16-10-11/h5-6,9,11,16H,4,7-8,10H2,1-3H3,(H,17,19). The van der Waals surface area contributed by atoms with Gasteiger partial charge in [0, 0.05) is 20.6 Å². The van der Waals surface area contributed by atoms with Crippen molar-refractivity contribution in [2.75, 3.05) is 39.1 Å². The summed E-state index contributed by atoms with van der Waals surface area (Å²) in [4.78, 5) is 12.4. The summed E-state index contributed by atoms with van der Waals surface area (Å²) in [6.07, 6.45) is 0.769. The van der Waals surface area contributed by atoms with Crippen LogP contribution in [0.3, 0.4) is 0 Å². The second-order valence-corrected chi connectivity index (χ2v) is 7.71. The molecule has 0 aliphatic carbocycles. The van der Waals surface area contributed by atoms with Gasteiger partial charge in [0.25, 0.3) is 0 Å². The van der Waals surface area contributed by atoms with Crippen molar-refractivity contribution in [1.29, 1.82) is 0 Å². The van der Waals surface area contributed by atoms with Crippen molar-refractivity contribution in [1.82, 2.24) is 9.62 Å². The lowest BCUT2D eigenvalue weighted by Gasteiger charge is -2.17. The number of carbonyl (C=O) groups excluding carboxylic acids is 1. The SMILES string of the molecule is CCOc1ccc(S(=O)(=O)N(C)C)cc1NC(=O)C1CCNC1. The maximum atomic E-state index is 12.3. The van der Waals surface area contributed by atoms with Gasteiger partial charge < -0.3 is 15.4 Å². The number of amides is 1. The van der Waals surface area contributed by atoms with Gasteiger partial charge in [0.1, 0.15) is 5.75 Å². The molecule has 1 fully saturated rings. The summed E-state index contributed by atoms with van der Waals surface area (Å²) in [5, 5.41) is 5.94. The van der Waals surface area contributed by atoms with E-state index < -0.39 is 10.0 Å². The molecule has 0 radical (unpaired) electrons. The largest absolute Gasteiger partial charge is 0.492 e. The van der Waals surface area contributed by atoms with E-state index >= 15 is 0 Å². The third-order valence-corrected chi connectivity index (χ3v) is 5.53. The fraction of sp³-hybridized carbons (Fsp3) is 0.533. The van der Waals surface area contributed by atoms with Crippen LogP contribution in [0.4, 0.5) is 5.69 Å². The van der Waals surface area contributed by atoms with Gasteiger partial charge >= 0.3 is 0 Å². The van der Waals surface area contributed by atoms with Crippen LogP contribution < -0.4 is 15.4 Å². The first-order valence-electron chi connectivity index (χ1n) is 7.57. The van der Waals surface area contributed by atoms with E-state index in [0.717, 1.165) is 17.3 Å². The number of anilines is 1. The Morgan fingerprint density at radius 2 is 2.17 bits per heavy atom. The molecule has 0 spiro atoms. The number of ether oxygens (including phenoxy) is 1. The number of hydrogen-bond acceptors (Lipinski definition) is 5. The summed E-state index contributed by atoms with van der Waals surface area (Å²) >= 11 is 0. The van der Waals surface area contributed by atoms with Gasteiger partial charge in [-0.25, -0.2) is 12.7 Å². The van der Waals surface area contributed by atoms with E-state index in [1.165, 1.54) is 26.2 Å². The molecule has 23 heavy (non-hydrogen) atoms. The van der Waals surface area contributed by atoms with E-state index in [-0.39, 0.29) is 16.7 Å². The fourth-order valence-corrected chi connectivity index (χ4v) is 3.30. The van der Waals surface area contributed by atoms with Crippen LogP contribution in [0.2, 0.25) is 0 Å². The van der Waals surface area contributed by atoms with E-state index in [4.69, 9.17) is 4.74 Å². The molecule has 1 amide bonds. The van der Waals surface area contributed by atoms with Gasteiger partial charge in [0.05, 0.1) is 23.1 Å². The molecule has 1 aromatic carbocycles. The van der Waals surface area contributed by atoms with Gasteiger partial charge in [0.15, 0.2) is 0 Å². The Balaban J connectivity index is 2.32. The second-order valence-electron chi connectivity index (χ2n) is 5.56. The van der Waals surface area contributed by atoms with Crippen molar-refractivity contribution in [3.05, 3.63) is 18.2 Å². The number of nitrogens with zero attached hydrogens (tertiary/aromatic N) is 1. The predicted octanol–water partition coefficient (Wildman–Crippen LogP) is 0.884. The van der Waals surface area contributed by atoms with Gasteiger partial charge in [-0.05, 0) is 38.1 Å². The van der Waals surface area contributed by atoms with Crippen LogP contribution in [0.5, 0.6) is 5.75 Å². The number of rotatable bonds is 6. The first-order chi connectivity index (χ1) is 10.9. The molecule has 1 aliphatic heterocycles. The monoisotopic (exact) mass is 341 g/mol. The minimum absolute atomic E-state index is 0.112. The smallest absolute Gasteiger partial charge is 0.242 e. The van der Waals surface area contributed by atoms with Crippen LogP contribution in [-0.4, -0.2) is 52.4 Å². The highest BCUT2D eigenvalue weighted by Gasteiger charge is 2.25. The van der Waals surface area contributed by atoms with Crippen LogP contribution in [0, 0.1) is 5.92 Å². The van der Waals surface area contributed by atoms with Crippen molar-refractivity contribution in [2.24, 2.45) is 5.92 Å². The van der Waals surface area contributed by atoms with Gasteiger partial charge in [-0.1, -0.05) is 0 Å². The number of nitrogens with one attached hydrogen (secondary N) is 2. The van der Waals surface area contributed by atoms with Gasteiger partial charge in [-0.2, -0.15) is 0 Å². The molecule has 7 nitrogen and oxygen atoms in total. The molecule has 1 aromatic rings. The number of carbonyl (C=O) groups is 1. The van der Waals surface area contributed by atoms with Gasteiger partial charge in [-0.15, -0.1) is 0 Å². The zero-order valence-electron chi connectivity index (χ0n) is 13.6. The Labute approximate surface area is 137 Å². The first-order valence-corrected chi connectivity index (χ1v) is 9.01. The molecule has 128 valence electrons. The van der Waals surface area contributed by atoms with Crippen molar-refractivity contribution in [3.8, 4) is 5.75 Å². The summed E-state index contributed by atoms with van der Waals surface area (Å²) < 4.78 is 31.1. The quantitative estimate of drug-likeness (QED) is 0.802. The average molecular weight is 341 g/mol. The zero-order valence-corrected chi connectivity index (χ0v) is 14.4. The highest BCUT2D eigenvalue weighted by atomic mass is 32.2. The first kappa shape index (κ1) is 17.7. The Kier molecular flexibility index (Phi) is 5.61. The van der Waals surface area contributed by atoms with E-state index in [9.17, 15) is 13.2 Å². The Morgan fingerprint density at radius 3 is 2.74 bits per heavy atom. The van der Waals surface area contributed by atoms with E-state index in [1.807, 2.05) is 6.92 Å². The molecule has 2 N–H and O–H groups in total. The Hall–Kier alpha value is -1.64. The summed E-state index contributed by atoms with van der Waals surface area (Å²) in [6, 6.07) is 4.50. The molecule has 0 aromatic heterocycles. The van der Waals surface area contributed by atoms with Crippen LogP contribution in [0.25, 0.3) is 0 Å². The summed E-state index contributed by atoms with van der Waals surface area (Å²) in [6.45, 7) is 3.70. The second kappa shape index (κ2) is 7.29. The molecule has 1 atom stereocenters. The number of sulfonamides is 1. The predicted molar refractivity (Wildman–Crippen MR) is 88.1 cm³/mol. The third kappa shape index (κ3) is 4.01. The number of hydrogen-bond donors (Lipinski definition) is 2. The van der Waals surface area contributed by atoms with E-state index in [1.54, 1.807) is 6.07 Å². The highest BCUT2D eigenvalue weighted by Crippen LogP contribution is 2.29. The minimum Gasteiger partial charge on any atom is -0.492 e. The maximum Gasteiger partial charge on any atom is 0.242 e. The zero-order chi connectivity index (χ0) is 17.0. The molecule has 1 heterocycles. The van der Waals surface area contributed by atoms with Crippen molar-refractivity contribution in [2.45, 2.75) is 18.2 Å². The van der Waals surface area contributed by atoms with Crippen LogP contribution in [0.15, 0.2) is 23.1 Å². The summed E-state index contributed by atoms with van der Waals surface area (Å²) in [7, 11) is -0.639. The third-order valence-electron chi connectivity index (χ3n) is 3.72. The van der Waals surface area contributed by atoms with Crippen molar-refractivity contribution in [3.63, 3.8) is 0 Å². The van der Waals surface area contributed by atoms with Crippen molar-refractivity contribution < 1.29 is 17.9 Å². The highest BCUT2D eigenvalue weighted by molar-refractivity contribution is 7.89. The lowest BCUT2D eigenvalue weighted by molar-refractivity contribution is -0.119. The molecule has 0 saturated carbocycles. The summed E-state index contributed by atoms with van der Waals surface area (Å²) in [5.74, 6) is 0.221. The molecule has 1 aliphatic rings. The number of benzene rings is 1. The maximum absolute atomic E-state index is 12.3. The van der Waals surface area contributed by atoms with E-state index in [2.05, 4.69) is 10.6 Å². The Morgan fingerprint density at radius 1 is 1.43 bits per heavy atom. The molecule has 1 saturated heterocycles. The Bertz CT molecular complexity index is 667. The van der Waals surface area contributed by atoms with Crippen molar-refractivity contribution >= 4 is 21.6 Å². The molecular weight excluding hydrogens is 318 g/mol. The summed E-state index contributed by atoms with van der Waals surface area (Å²) in [5.41, 5.74) is 0.381. The topological polar surface area (TPSA) is 87.7 Å². The van der Waals surface area contributed by atoms with Gasteiger partial charge in [-0.3, -0.25) is 4.79 Å². The van der Waals surface area contributed by atoms with Crippen LogP contribution in [-0.2, 0) is 14.8 Å². The minimum atomic E-state index is -3.57. The van der Waals surface area contributed by atoms with Crippen LogP contribution >= 0.6 is 0 Å². The molecule has 0 bridgehead atoms. The average Bonchev–Trinajstić information content (AvgIpc) is 3.03. The molecule has 1 unspecified atom stereocenters. The van der Waals surface area contributed by atoms with E-state index in [0.29, 0.717) is 24.6 Å². The van der Waals surface area contributed by atoms with Gasteiger partial charge in [0.2, 0.25) is 15.9 Å². The normalized spacial score (nSPS) is 18.2.